The predicted molar refractivity (Wildman–Crippen MR) is 81.4 cm³/mol. The summed E-state index contributed by atoms with van der Waals surface area (Å²) in [6, 6.07) is 5.99. The molecule has 0 bridgehead atoms. The Morgan fingerprint density at radius 3 is 2.85 bits per heavy atom. The first-order valence-corrected chi connectivity index (χ1v) is 7.22. The Morgan fingerprint density at radius 2 is 2.10 bits per heavy atom. The SMILES string of the molecule is CC(C)OCCCNc1ncnc2ccc(Br)cc12.[Cl-]. The highest BCUT2D eigenvalue weighted by atomic mass is 79.9. The van der Waals surface area contributed by atoms with Crippen molar-refractivity contribution in [2.75, 3.05) is 18.5 Å². The monoisotopic (exact) mass is 358 g/mol. The maximum atomic E-state index is 5.51. The highest BCUT2D eigenvalue weighted by molar-refractivity contribution is 9.10. The van der Waals surface area contributed by atoms with Gasteiger partial charge in [-0.15, -0.1) is 0 Å². The van der Waals surface area contributed by atoms with Crippen molar-refractivity contribution in [2.24, 2.45) is 0 Å². The molecule has 1 aromatic carbocycles. The molecule has 0 spiro atoms. The summed E-state index contributed by atoms with van der Waals surface area (Å²) >= 11 is 3.47. The van der Waals surface area contributed by atoms with Crippen LogP contribution in [0.3, 0.4) is 0 Å². The molecular weight excluding hydrogens is 342 g/mol. The zero-order valence-electron chi connectivity index (χ0n) is 11.6. The fourth-order valence-electron chi connectivity index (χ4n) is 1.77. The van der Waals surface area contributed by atoms with E-state index in [0.29, 0.717) is 0 Å². The van der Waals surface area contributed by atoms with Gasteiger partial charge in [-0.1, -0.05) is 15.9 Å². The van der Waals surface area contributed by atoms with Crippen LogP contribution in [0.25, 0.3) is 10.9 Å². The van der Waals surface area contributed by atoms with Gasteiger partial charge in [0.15, 0.2) is 0 Å². The summed E-state index contributed by atoms with van der Waals surface area (Å²) in [6.45, 7) is 5.69. The Labute approximate surface area is 133 Å². The summed E-state index contributed by atoms with van der Waals surface area (Å²) in [7, 11) is 0. The van der Waals surface area contributed by atoms with Crippen LogP contribution in [0.1, 0.15) is 20.3 Å². The fourth-order valence-corrected chi connectivity index (χ4v) is 2.13. The van der Waals surface area contributed by atoms with Gasteiger partial charge in [0, 0.05) is 23.0 Å². The van der Waals surface area contributed by atoms with Crippen LogP contribution in [0.2, 0.25) is 0 Å². The van der Waals surface area contributed by atoms with Crippen molar-refractivity contribution in [1.29, 1.82) is 0 Å². The second-order valence-corrected chi connectivity index (χ2v) is 5.50. The van der Waals surface area contributed by atoms with Gasteiger partial charge < -0.3 is 22.5 Å². The summed E-state index contributed by atoms with van der Waals surface area (Å²) < 4.78 is 6.53. The number of hydrogen-bond donors (Lipinski definition) is 1. The third-order valence-corrected chi connectivity index (χ3v) is 3.16. The largest absolute Gasteiger partial charge is 1.00 e. The van der Waals surface area contributed by atoms with Crippen LogP contribution in [0.5, 0.6) is 0 Å². The van der Waals surface area contributed by atoms with Crippen LogP contribution >= 0.6 is 15.9 Å². The van der Waals surface area contributed by atoms with Gasteiger partial charge in [-0.2, -0.15) is 0 Å². The second kappa shape index (κ2) is 8.39. The molecule has 0 atom stereocenters. The molecule has 6 heteroatoms. The maximum absolute atomic E-state index is 5.51. The number of rotatable bonds is 6. The van der Waals surface area contributed by atoms with Crippen molar-refractivity contribution >= 4 is 32.7 Å². The zero-order valence-corrected chi connectivity index (χ0v) is 13.9. The normalized spacial score (nSPS) is 10.6. The molecule has 0 aliphatic rings. The topological polar surface area (TPSA) is 47.0 Å². The first-order valence-electron chi connectivity index (χ1n) is 6.42. The molecule has 0 saturated heterocycles. The number of halogens is 2. The highest BCUT2D eigenvalue weighted by Gasteiger charge is 2.03. The molecule has 1 aromatic heterocycles. The Morgan fingerprint density at radius 1 is 1.30 bits per heavy atom. The van der Waals surface area contributed by atoms with Crippen LogP contribution in [-0.4, -0.2) is 29.2 Å². The van der Waals surface area contributed by atoms with Crippen LogP contribution < -0.4 is 17.7 Å². The average Bonchev–Trinajstić information content (AvgIpc) is 2.38. The minimum absolute atomic E-state index is 0. The summed E-state index contributed by atoms with van der Waals surface area (Å²) in [5.41, 5.74) is 0.944. The van der Waals surface area contributed by atoms with Gasteiger partial charge in [0.05, 0.1) is 11.6 Å². The molecule has 110 valence electrons. The van der Waals surface area contributed by atoms with Gasteiger partial charge in [-0.05, 0) is 38.5 Å². The molecule has 20 heavy (non-hydrogen) atoms. The van der Waals surface area contributed by atoms with E-state index in [9.17, 15) is 0 Å². The lowest BCUT2D eigenvalue weighted by molar-refractivity contribution is -0.00000669. The number of hydrogen-bond acceptors (Lipinski definition) is 4. The number of nitrogens with zero attached hydrogens (tertiary/aromatic N) is 2. The summed E-state index contributed by atoms with van der Waals surface area (Å²) in [5, 5.41) is 4.37. The van der Waals surface area contributed by atoms with Gasteiger partial charge >= 0.3 is 0 Å². The summed E-state index contributed by atoms with van der Waals surface area (Å²) in [6.07, 6.45) is 2.83. The van der Waals surface area contributed by atoms with Gasteiger partial charge in [-0.3, -0.25) is 0 Å². The predicted octanol–water partition coefficient (Wildman–Crippen LogP) is 0.623. The standard InChI is InChI=1S/C14H18BrN3O.ClH/c1-10(2)19-7-3-6-16-14-12-8-11(15)4-5-13(12)17-9-18-14;/h4-5,8-10H,3,6-7H2,1-2H3,(H,16,17,18);1H/p-1. The van der Waals surface area contributed by atoms with Gasteiger partial charge in [-0.25, -0.2) is 9.97 Å². The van der Waals surface area contributed by atoms with Gasteiger partial charge in [0.1, 0.15) is 12.1 Å². The number of aromatic nitrogens is 2. The molecule has 2 aromatic rings. The average molecular weight is 360 g/mol. The number of fused-ring (bicyclic) bond motifs is 1. The smallest absolute Gasteiger partial charge is 0.137 e. The summed E-state index contributed by atoms with van der Waals surface area (Å²) in [5.74, 6) is 0.871. The molecule has 0 radical (unpaired) electrons. The van der Waals surface area contributed by atoms with E-state index in [4.69, 9.17) is 4.74 Å². The second-order valence-electron chi connectivity index (χ2n) is 4.58. The molecule has 0 amide bonds. The van der Waals surface area contributed by atoms with Crippen molar-refractivity contribution in [3.8, 4) is 0 Å². The first-order chi connectivity index (χ1) is 9.16. The van der Waals surface area contributed by atoms with Crippen molar-refractivity contribution < 1.29 is 17.1 Å². The zero-order chi connectivity index (χ0) is 13.7. The van der Waals surface area contributed by atoms with Gasteiger partial charge in [0.2, 0.25) is 0 Å². The van der Waals surface area contributed by atoms with Crippen LogP contribution in [0.15, 0.2) is 29.0 Å². The molecule has 0 aliphatic carbocycles. The number of anilines is 1. The molecule has 0 aliphatic heterocycles. The quantitative estimate of drug-likeness (QED) is 0.768. The van der Waals surface area contributed by atoms with Crippen LogP contribution in [0.4, 0.5) is 5.82 Å². The van der Waals surface area contributed by atoms with Crippen molar-refractivity contribution in [3.63, 3.8) is 0 Å². The first kappa shape index (κ1) is 17.1. The Balaban J connectivity index is 0.00000200. The lowest BCUT2D eigenvalue weighted by Crippen LogP contribution is -3.00. The molecule has 4 nitrogen and oxygen atoms in total. The Hall–Kier alpha value is -0.910. The lowest BCUT2D eigenvalue weighted by atomic mass is 10.2. The molecular formula is C14H18BrClN3O-. The van der Waals surface area contributed by atoms with Crippen molar-refractivity contribution in [1.82, 2.24) is 9.97 Å². The molecule has 0 fully saturated rings. The van der Waals surface area contributed by atoms with E-state index in [1.165, 1.54) is 0 Å². The number of benzene rings is 1. The van der Waals surface area contributed by atoms with Gasteiger partial charge in [0.25, 0.3) is 0 Å². The minimum atomic E-state index is 0. The molecule has 1 N–H and O–H groups in total. The fraction of sp³-hybridized carbons (Fsp3) is 0.429. The molecule has 0 unspecified atom stereocenters. The highest BCUT2D eigenvalue weighted by Crippen LogP contribution is 2.23. The third kappa shape index (κ3) is 4.89. The Bertz CT molecular complexity index is 551. The number of ether oxygens (including phenoxy) is 1. The van der Waals surface area contributed by atoms with Crippen molar-refractivity contribution in [3.05, 3.63) is 29.0 Å². The lowest BCUT2D eigenvalue weighted by Gasteiger charge is -2.10. The number of nitrogens with one attached hydrogen (secondary N) is 1. The minimum Gasteiger partial charge on any atom is -1.00 e. The van der Waals surface area contributed by atoms with Crippen LogP contribution in [0, 0.1) is 0 Å². The van der Waals surface area contributed by atoms with E-state index in [1.807, 2.05) is 32.0 Å². The maximum Gasteiger partial charge on any atom is 0.137 e. The van der Waals surface area contributed by atoms with E-state index >= 15 is 0 Å². The third-order valence-electron chi connectivity index (χ3n) is 2.66. The van der Waals surface area contributed by atoms with E-state index in [-0.39, 0.29) is 18.5 Å². The van der Waals surface area contributed by atoms with E-state index in [1.54, 1.807) is 6.33 Å². The summed E-state index contributed by atoms with van der Waals surface area (Å²) in [4.78, 5) is 8.55. The van der Waals surface area contributed by atoms with E-state index < -0.39 is 0 Å². The molecule has 2 rings (SSSR count). The van der Waals surface area contributed by atoms with Crippen molar-refractivity contribution in [2.45, 2.75) is 26.4 Å². The van der Waals surface area contributed by atoms with E-state index in [0.717, 1.165) is 40.8 Å². The Kier molecular flexibility index (Phi) is 7.19. The van der Waals surface area contributed by atoms with E-state index in [2.05, 4.69) is 31.2 Å². The van der Waals surface area contributed by atoms with Crippen LogP contribution in [-0.2, 0) is 4.74 Å². The molecule has 1 heterocycles. The molecule has 0 saturated carbocycles.